The summed E-state index contributed by atoms with van der Waals surface area (Å²) in [7, 11) is 0. The fourth-order valence-electron chi connectivity index (χ4n) is 2.09. The van der Waals surface area contributed by atoms with Gasteiger partial charge in [0.1, 0.15) is 0 Å². The van der Waals surface area contributed by atoms with E-state index >= 15 is 0 Å². The molecule has 1 aliphatic rings. The lowest BCUT2D eigenvalue weighted by atomic mass is 10.1. The monoisotopic (exact) mass is 194 g/mol. The average molecular weight is 194 g/mol. The summed E-state index contributed by atoms with van der Waals surface area (Å²) in [5.41, 5.74) is 0. The van der Waals surface area contributed by atoms with Crippen LogP contribution in [-0.4, -0.2) is 29.6 Å². The molecule has 1 atom stereocenters. The minimum Gasteiger partial charge on any atom is -0.298 e. The van der Waals surface area contributed by atoms with Crippen LogP contribution in [0.3, 0.4) is 0 Å². The van der Waals surface area contributed by atoms with Gasteiger partial charge in [-0.25, -0.2) is 4.79 Å². The van der Waals surface area contributed by atoms with Crippen LogP contribution in [0, 0.1) is 0 Å². The Labute approximate surface area is 85.5 Å². The van der Waals surface area contributed by atoms with Gasteiger partial charge in [0, 0.05) is 18.3 Å². The molecule has 0 aromatic carbocycles. The summed E-state index contributed by atoms with van der Waals surface area (Å²) >= 11 is 0. The Morgan fingerprint density at radius 1 is 1.64 bits per heavy atom. The second-order valence-corrected chi connectivity index (χ2v) is 3.97. The Balaban J connectivity index is 2.39. The zero-order chi connectivity index (χ0) is 10.4. The molecule has 78 valence electrons. The van der Waals surface area contributed by atoms with E-state index in [9.17, 15) is 4.79 Å². The molecule has 0 aliphatic carbocycles. The minimum atomic E-state index is 0.616. The molecule has 1 heterocycles. The first-order valence-electron chi connectivity index (χ1n) is 5.23. The van der Waals surface area contributed by atoms with E-state index in [0.29, 0.717) is 12.1 Å². The molecule has 1 aliphatic heterocycles. The van der Waals surface area contributed by atoms with Crippen molar-refractivity contribution in [3.05, 3.63) is 12.3 Å². The second-order valence-electron chi connectivity index (χ2n) is 3.97. The van der Waals surface area contributed by atoms with Gasteiger partial charge in [0.05, 0.1) is 0 Å². The highest BCUT2D eigenvalue weighted by Crippen LogP contribution is 2.22. The molecule has 0 bridgehead atoms. The Morgan fingerprint density at radius 2 is 2.43 bits per heavy atom. The lowest BCUT2D eigenvalue weighted by Gasteiger charge is -2.27. The van der Waals surface area contributed by atoms with Crippen molar-refractivity contribution in [2.45, 2.75) is 45.2 Å². The smallest absolute Gasteiger partial charge is 0.239 e. The fraction of sp³-hybridized carbons (Fsp3) is 0.727. The Bertz CT molecular complexity index is 242. The quantitative estimate of drug-likeness (QED) is 0.507. The maximum Gasteiger partial charge on any atom is 0.239 e. The lowest BCUT2D eigenvalue weighted by molar-refractivity contribution is 0.205. The number of aliphatic imine (C=N–C) groups is 1. The first kappa shape index (κ1) is 11.2. The predicted molar refractivity (Wildman–Crippen MR) is 56.7 cm³/mol. The van der Waals surface area contributed by atoms with Crippen molar-refractivity contribution in [2.24, 2.45) is 4.99 Å². The zero-order valence-electron chi connectivity index (χ0n) is 8.94. The van der Waals surface area contributed by atoms with Crippen molar-refractivity contribution in [2.75, 3.05) is 6.54 Å². The highest BCUT2D eigenvalue weighted by Gasteiger charge is 2.24. The van der Waals surface area contributed by atoms with Gasteiger partial charge >= 0.3 is 0 Å². The van der Waals surface area contributed by atoms with Crippen molar-refractivity contribution in [1.82, 2.24) is 4.90 Å². The van der Waals surface area contributed by atoms with Gasteiger partial charge < -0.3 is 0 Å². The first-order chi connectivity index (χ1) is 6.75. The largest absolute Gasteiger partial charge is 0.298 e. The third-order valence-electron chi connectivity index (χ3n) is 2.73. The Morgan fingerprint density at radius 3 is 3.07 bits per heavy atom. The molecule has 0 amide bonds. The number of carbonyl (C=O) groups excluding carboxylic acids is 1. The lowest BCUT2D eigenvalue weighted by Crippen LogP contribution is -2.35. The van der Waals surface area contributed by atoms with Gasteiger partial charge in [-0.2, -0.15) is 4.99 Å². The molecule has 0 saturated carbocycles. The van der Waals surface area contributed by atoms with Crippen molar-refractivity contribution in [3.63, 3.8) is 0 Å². The Kier molecular flexibility index (Phi) is 4.57. The number of isocyanates is 1. The number of rotatable bonds is 4. The van der Waals surface area contributed by atoms with Gasteiger partial charge in [-0.3, -0.25) is 4.90 Å². The molecule has 1 fully saturated rings. The molecule has 0 radical (unpaired) electrons. The van der Waals surface area contributed by atoms with Crippen LogP contribution in [0.5, 0.6) is 0 Å². The summed E-state index contributed by atoms with van der Waals surface area (Å²) in [6, 6.07) is 1.25. The standard InChI is InChI=1S/C11H18N2O/c1-10(2)13-8-4-6-11(13)5-3-7-12-9-14/h3,7,10-11H,4-6,8H2,1-2H3/b7-3-. The summed E-state index contributed by atoms with van der Waals surface area (Å²) in [6.45, 7) is 5.66. The highest BCUT2D eigenvalue weighted by atomic mass is 16.1. The van der Waals surface area contributed by atoms with Crippen molar-refractivity contribution < 1.29 is 4.79 Å². The molecular weight excluding hydrogens is 176 g/mol. The maximum absolute atomic E-state index is 9.82. The second kappa shape index (κ2) is 5.74. The van der Waals surface area contributed by atoms with E-state index < -0.39 is 0 Å². The van der Waals surface area contributed by atoms with E-state index in [1.807, 2.05) is 6.08 Å². The van der Waals surface area contributed by atoms with Gasteiger partial charge in [0.25, 0.3) is 0 Å². The topological polar surface area (TPSA) is 32.7 Å². The number of hydrogen-bond donors (Lipinski definition) is 0. The van der Waals surface area contributed by atoms with Crippen molar-refractivity contribution in [3.8, 4) is 0 Å². The molecular formula is C11H18N2O. The summed E-state index contributed by atoms with van der Waals surface area (Å²) in [4.78, 5) is 15.7. The van der Waals surface area contributed by atoms with Gasteiger partial charge in [-0.15, -0.1) is 0 Å². The van der Waals surface area contributed by atoms with Crippen LogP contribution in [0.1, 0.15) is 33.1 Å². The number of nitrogens with zero attached hydrogens (tertiary/aromatic N) is 2. The number of likely N-dealkylation sites (tertiary alicyclic amines) is 1. The summed E-state index contributed by atoms with van der Waals surface area (Å²) in [5, 5.41) is 0. The fourth-order valence-corrected chi connectivity index (χ4v) is 2.09. The average Bonchev–Trinajstić information content (AvgIpc) is 2.60. The maximum atomic E-state index is 9.82. The van der Waals surface area contributed by atoms with Crippen LogP contribution in [0.25, 0.3) is 0 Å². The van der Waals surface area contributed by atoms with Crippen molar-refractivity contribution in [1.29, 1.82) is 0 Å². The van der Waals surface area contributed by atoms with Crippen LogP contribution in [0.15, 0.2) is 17.3 Å². The summed E-state index contributed by atoms with van der Waals surface area (Å²) in [5.74, 6) is 0. The van der Waals surface area contributed by atoms with E-state index in [-0.39, 0.29) is 0 Å². The molecule has 0 spiro atoms. The molecule has 1 rings (SSSR count). The molecule has 3 nitrogen and oxygen atoms in total. The predicted octanol–water partition coefficient (Wildman–Crippen LogP) is 2.10. The van der Waals surface area contributed by atoms with E-state index in [2.05, 4.69) is 23.7 Å². The highest BCUT2D eigenvalue weighted by molar-refractivity contribution is 5.34. The normalized spacial score (nSPS) is 23.2. The van der Waals surface area contributed by atoms with Gasteiger partial charge in [0.2, 0.25) is 6.08 Å². The van der Waals surface area contributed by atoms with Crippen LogP contribution in [0.4, 0.5) is 0 Å². The molecule has 0 N–H and O–H groups in total. The summed E-state index contributed by atoms with van der Waals surface area (Å²) in [6.07, 6.45) is 8.53. The van der Waals surface area contributed by atoms with E-state index in [1.165, 1.54) is 25.5 Å². The third kappa shape index (κ3) is 3.09. The van der Waals surface area contributed by atoms with Crippen LogP contribution < -0.4 is 0 Å². The van der Waals surface area contributed by atoms with Crippen molar-refractivity contribution >= 4 is 6.08 Å². The van der Waals surface area contributed by atoms with Gasteiger partial charge in [0.15, 0.2) is 0 Å². The molecule has 1 saturated heterocycles. The molecule has 3 heteroatoms. The molecule has 14 heavy (non-hydrogen) atoms. The molecule has 0 aromatic heterocycles. The van der Waals surface area contributed by atoms with Crippen LogP contribution in [0.2, 0.25) is 0 Å². The van der Waals surface area contributed by atoms with E-state index in [1.54, 1.807) is 6.20 Å². The molecule has 0 aromatic rings. The van der Waals surface area contributed by atoms with Crippen LogP contribution >= 0.6 is 0 Å². The third-order valence-corrected chi connectivity index (χ3v) is 2.73. The van der Waals surface area contributed by atoms with E-state index in [0.717, 1.165) is 6.42 Å². The first-order valence-corrected chi connectivity index (χ1v) is 5.23. The summed E-state index contributed by atoms with van der Waals surface area (Å²) < 4.78 is 0. The van der Waals surface area contributed by atoms with E-state index in [4.69, 9.17) is 0 Å². The Hall–Kier alpha value is -0.920. The SMILES string of the molecule is CC(C)N1CCCC1C/C=C\N=C=O. The van der Waals surface area contributed by atoms with Gasteiger partial charge in [-0.1, -0.05) is 6.08 Å². The number of hydrogen-bond acceptors (Lipinski definition) is 3. The minimum absolute atomic E-state index is 0.616. The van der Waals surface area contributed by atoms with Gasteiger partial charge in [-0.05, 0) is 39.7 Å². The zero-order valence-corrected chi connectivity index (χ0v) is 8.94. The molecule has 1 unspecified atom stereocenters. The van der Waals surface area contributed by atoms with Crippen LogP contribution in [-0.2, 0) is 4.79 Å².